The Kier molecular flexibility index (Phi) is 4.48. The van der Waals surface area contributed by atoms with Gasteiger partial charge >= 0.3 is 56.2 Å². The van der Waals surface area contributed by atoms with E-state index in [0.29, 0.717) is 0 Å². The molecule has 0 atom stereocenters. The molecule has 0 saturated carbocycles. The Morgan fingerprint density at radius 2 is 2.29 bits per heavy atom. The van der Waals surface area contributed by atoms with E-state index in [1.165, 1.54) is 0 Å². The fourth-order valence-electron chi connectivity index (χ4n) is 0.201. The van der Waals surface area contributed by atoms with Gasteiger partial charge in [0.2, 0.25) is 0 Å². The van der Waals surface area contributed by atoms with Crippen molar-refractivity contribution in [3.05, 3.63) is 25.5 Å². The van der Waals surface area contributed by atoms with Crippen LogP contribution in [-0.2, 0) is 20.0 Å². The summed E-state index contributed by atoms with van der Waals surface area (Å²) in [5.74, 6) is 0. The number of hydrogen-bond donors (Lipinski definition) is 0. The van der Waals surface area contributed by atoms with E-state index in [4.69, 9.17) is 0 Å². The first-order valence-electron chi connectivity index (χ1n) is 2.12. The summed E-state index contributed by atoms with van der Waals surface area (Å²) in [4.78, 5) is 0. The average molecular weight is 128 g/mol. The van der Waals surface area contributed by atoms with Crippen molar-refractivity contribution in [1.29, 1.82) is 0 Å². The van der Waals surface area contributed by atoms with Crippen LogP contribution in [0.3, 0.4) is 0 Å². The Morgan fingerprint density at radius 1 is 1.71 bits per heavy atom. The van der Waals surface area contributed by atoms with E-state index in [9.17, 15) is 0 Å². The molecule has 0 aliphatic rings. The van der Waals surface area contributed by atoms with Gasteiger partial charge in [0.1, 0.15) is 0 Å². The first-order valence-corrected chi connectivity index (χ1v) is 3.02. The Labute approximate surface area is 56.5 Å². The van der Waals surface area contributed by atoms with Crippen LogP contribution in [0.25, 0.3) is 0 Å². The molecule has 0 aromatic heterocycles. The van der Waals surface area contributed by atoms with Crippen LogP contribution in [-0.4, -0.2) is 4.31 Å². The molecule has 0 aliphatic carbocycles. The molecule has 0 unspecified atom stereocenters. The minimum absolute atomic E-state index is 0.810. The summed E-state index contributed by atoms with van der Waals surface area (Å²) >= 11 is 1.97. The van der Waals surface area contributed by atoms with Gasteiger partial charge in [0, 0.05) is 0 Å². The van der Waals surface area contributed by atoms with Gasteiger partial charge < -0.3 is 0 Å². The quantitative estimate of drug-likeness (QED) is 0.388. The molecule has 0 saturated heterocycles. The van der Waals surface area contributed by atoms with Crippen molar-refractivity contribution in [1.82, 2.24) is 0 Å². The zero-order valence-electron chi connectivity index (χ0n) is 4.28. The first-order chi connectivity index (χ1) is 3.31. The number of hydrogen-bond acceptors (Lipinski definition) is 0. The average Bonchev–Trinajstić information content (AvgIpc) is 1.68. The standard InChI is InChI=1S/C6H8.Ti/c1-4-6(3)5-2;/h1,4H,2-3,5H2;/q-2;+2/b6-4-;. The van der Waals surface area contributed by atoms with Crippen molar-refractivity contribution in [3.63, 3.8) is 0 Å². The van der Waals surface area contributed by atoms with Crippen molar-refractivity contribution < 1.29 is 20.0 Å². The molecule has 0 heterocycles. The fraction of sp³-hybridized carbons (Fsp3) is 0.167. The van der Waals surface area contributed by atoms with Gasteiger partial charge in [-0.2, -0.15) is 0 Å². The predicted octanol–water partition coefficient (Wildman–Crippen LogP) is 1.32. The summed E-state index contributed by atoms with van der Waals surface area (Å²) in [6.45, 7) is 7.37. The van der Waals surface area contributed by atoms with Gasteiger partial charge in [-0.3, -0.25) is 0 Å². The van der Waals surface area contributed by atoms with Crippen LogP contribution >= 0.6 is 0 Å². The molecule has 0 N–H and O–H groups in total. The maximum absolute atomic E-state index is 3.71. The first kappa shape index (κ1) is 7.19. The summed E-state index contributed by atoms with van der Waals surface area (Å²) < 4.78 is 1.97. The van der Waals surface area contributed by atoms with Gasteiger partial charge in [0.05, 0.1) is 0 Å². The monoisotopic (exact) mass is 128 g/mol. The molecular weight excluding hydrogens is 120 g/mol. The van der Waals surface area contributed by atoms with Crippen molar-refractivity contribution in [2.75, 3.05) is 0 Å². The van der Waals surface area contributed by atoms with E-state index in [0.717, 1.165) is 12.0 Å². The SMILES string of the molecule is [CH2-]C/C([CH2-])=C\[CH]=[Ti+2]. The predicted molar refractivity (Wildman–Crippen MR) is 29.5 cm³/mol. The van der Waals surface area contributed by atoms with Crippen LogP contribution in [0.5, 0.6) is 0 Å². The second kappa shape index (κ2) is 4.36. The molecule has 0 rings (SSSR count). The minimum atomic E-state index is 0.810. The summed E-state index contributed by atoms with van der Waals surface area (Å²) in [5, 5.41) is 0. The van der Waals surface area contributed by atoms with E-state index in [-0.39, 0.29) is 0 Å². The van der Waals surface area contributed by atoms with Crippen molar-refractivity contribution in [2.45, 2.75) is 6.42 Å². The van der Waals surface area contributed by atoms with Gasteiger partial charge in [-0.15, -0.1) is 0 Å². The molecule has 1 heteroatoms. The van der Waals surface area contributed by atoms with Crippen molar-refractivity contribution in [3.8, 4) is 0 Å². The third kappa shape index (κ3) is 4.04. The molecule has 36 valence electrons. The Hall–Kier alpha value is 0.194. The molecule has 0 amide bonds. The van der Waals surface area contributed by atoms with Crippen LogP contribution in [0.1, 0.15) is 6.42 Å². The second-order valence-electron chi connectivity index (χ2n) is 1.24. The van der Waals surface area contributed by atoms with E-state index in [2.05, 4.69) is 13.8 Å². The molecule has 0 aromatic rings. The van der Waals surface area contributed by atoms with Gasteiger partial charge in [-0.1, -0.05) is 0 Å². The van der Waals surface area contributed by atoms with Crippen molar-refractivity contribution >= 4 is 4.31 Å². The van der Waals surface area contributed by atoms with Crippen LogP contribution in [0.2, 0.25) is 0 Å². The second-order valence-corrected chi connectivity index (χ2v) is 1.76. The van der Waals surface area contributed by atoms with Gasteiger partial charge in [-0.25, -0.2) is 0 Å². The van der Waals surface area contributed by atoms with Crippen LogP contribution in [0, 0.1) is 13.8 Å². The molecule has 0 aliphatic heterocycles. The summed E-state index contributed by atoms with van der Waals surface area (Å²) in [6, 6.07) is 0. The summed E-state index contributed by atoms with van der Waals surface area (Å²) in [7, 11) is 0. The normalized spacial score (nSPS) is 11.6. The molecule has 0 bridgehead atoms. The number of rotatable bonds is 2. The topological polar surface area (TPSA) is 0 Å². The molecular formula is C6H8Ti. The Morgan fingerprint density at radius 3 is 2.43 bits per heavy atom. The van der Waals surface area contributed by atoms with Crippen LogP contribution in [0.4, 0.5) is 0 Å². The van der Waals surface area contributed by atoms with Gasteiger partial charge in [-0.05, 0) is 0 Å². The molecule has 0 aromatic carbocycles. The molecule has 7 heavy (non-hydrogen) atoms. The summed E-state index contributed by atoms with van der Waals surface area (Å²) in [5.41, 5.74) is 1.09. The maximum atomic E-state index is 3.71. The Bertz CT molecular complexity index is 82.2. The molecule has 0 nitrogen and oxygen atoms in total. The Balaban J connectivity index is 3.49. The zero-order chi connectivity index (χ0) is 5.70. The zero-order valence-corrected chi connectivity index (χ0v) is 5.84. The summed E-state index contributed by atoms with van der Waals surface area (Å²) in [6.07, 6.45) is 2.78. The third-order valence-electron chi connectivity index (χ3n) is 0.640. The third-order valence-corrected chi connectivity index (χ3v) is 0.900. The molecule has 0 radical (unpaired) electrons. The van der Waals surface area contributed by atoms with E-state index in [1.54, 1.807) is 0 Å². The number of allylic oxidation sites excluding steroid dienone is 2. The fourth-order valence-corrected chi connectivity index (χ4v) is 0.569. The van der Waals surface area contributed by atoms with E-state index < -0.39 is 0 Å². The van der Waals surface area contributed by atoms with E-state index in [1.807, 2.05) is 30.4 Å². The van der Waals surface area contributed by atoms with Gasteiger partial charge in [0.25, 0.3) is 0 Å². The molecule has 0 spiro atoms. The van der Waals surface area contributed by atoms with Gasteiger partial charge in [0.15, 0.2) is 0 Å². The molecule has 0 fully saturated rings. The van der Waals surface area contributed by atoms with Crippen LogP contribution in [0.15, 0.2) is 11.6 Å². The van der Waals surface area contributed by atoms with Crippen LogP contribution < -0.4 is 0 Å². The van der Waals surface area contributed by atoms with E-state index >= 15 is 0 Å². The van der Waals surface area contributed by atoms with Crippen molar-refractivity contribution in [2.24, 2.45) is 0 Å².